The zero-order valence-electron chi connectivity index (χ0n) is 16.3. The normalized spacial score (nSPS) is 10.8. The van der Waals surface area contributed by atoms with Gasteiger partial charge in [-0.25, -0.2) is 0 Å². The first kappa shape index (κ1) is 22.0. The summed E-state index contributed by atoms with van der Waals surface area (Å²) in [4.78, 5) is 11.5. The topological polar surface area (TPSA) is 43.1 Å². The van der Waals surface area contributed by atoms with Gasteiger partial charge in [-0.2, -0.15) is 0 Å². The number of nitro groups is 1. The van der Waals surface area contributed by atoms with Crippen LogP contribution in [0.3, 0.4) is 0 Å². The Hall–Kier alpha value is -2.68. The quantitative estimate of drug-likeness (QED) is 0.214. The number of halogens is 1. The predicted octanol–water partition coefficient (Wildman–Crippen LogP) is 0.851. The van der Waals surface area contributed by atoms with Crippen LogP contribution in [0.5, 0.6) is 0 Å². The van der Waals surface area contributed by atoms with Crippen LogP contribution >= 0.6 is 0 Å². The Bertz CT molecular complexity index is 1010. The molecule has 3 nitrogen and oxygen atoms in total. The van der Waals surface area contributed by atoms with Crippen LogP contribution < -0.4 is 30.0 Å². The Balaban J connectivity index is 0.00000256. The summed E-state index contributed by atoms with van der Waals surface area (Å²) in [5, 5.41) is 12.4. The molecule has 0 aromatic heterocycles. The van der Waals surface area contributed by atoms with Gasteiger partial charge in [0.15, 0.2) is 0 Å². The molecule has 0 heterocycles. The minimum Gasteiger partial charge on any atom is -1.00 e. The Kier molecular flexibility index (Phi) is 7.25. The van der Waals surface area contributed by atoms with E-state index < -0.39 is 13.6 Å². The third-order valence-corrected chi connectivity index (χ3v) is 14.3. The fraction of sp³-hybridized carbons (Fsp3) is 0.0400. The first-order valence-corrected chi connectivity index (χ1v) is 13.6. The van der Waals surface area contributed by atoms with Crippen LogP contribution in [0.15, 0.2) is 115 Å². The average Bonchev–Trinajstić information content (AvgIpc) is 2.79. The molecule has 0 N–H and O–H groups in total. The van der Waals surface area contributed by atoms with Crippen molar-refractivity contribution in [3.8, 4) is 0 Å². The fourth-order valence-corrected chi connectivity index (χ4v) is 12.8. The maximum absolute atomic E-state index is 11.7. The standard InChI is InChI=1S/C25H21AsNO2.BrH/c28-27(29)25-19-11-10-12-21(25)20-26(22-13-4-1-5-14-22,23-15-6-2-7-16-23)24-17-8-3-9-18-24;/h1-19H,20H2;1H/q+1;/p-1. The minimum absolute atomic E-state index is 0. The number of para-hydroxylation sites is 1. The van der Waals surface area contributed by atoms with Crippen LogP contribution in [-0.2, 0) is 5.21 Å². The van der Waals surface area contributed by atoms with Crippen molar-refractivity contribution in [1.29, 1.82) is 0 Å². The predicted molar refractivity (Wildman–Crippen MR) is 121 cm³/mol. The first-order valence-electron chi connectivity index (χ1n) is 9.49. The molecule has 0 saturated heterocycles. The van der Waals surface area contributed by atoms with Crippen molar-refractivity contribution >= 4 is 32.3 Å². The molecule has 0 atom stereocenters. The van der Waals surface area contributed by atoms with E-state index in [1.807, 2.05) is 30.3 Å². The molecule has 150 valence electrons. The van der Waals surface area contributed by atoms with Gasteiger partial charge in [0.25, 0.3) is 0 Å². The number of rotatable bonds is 6. The smallest absolute Gasteiger partial charge is 1.00 e. The SMILES string of the molecule is O=[N+]([O-])c1ccccc1C[As+](c1ccccc1)(c1ccccc1)c1ccccc1.[Br-]. The Morgan fingerprint density at radius 1 is 0.600 bits per heavy atom. The van der Waals surface area contributed by atoms with Crippen LogP contribution in [-0.4, -0.2) is 18.5 Å². The molecule has 4 aromatic carbocycles. The molecule has 4 rings (SSSR count). The van der Waals surface area contributed by atoms with E-state index in [0.717, 1.165) is 5.56 Å². The van der Waals surface area contributed by atoms with Crippen LogP contribution in [0.25, 0.3) is 0 Å². The second-order valence-electron chi connectivity index (χ2n) is 6.86. The molecule has 30 heavy (non-hydrogen) atoms. The van der Waals surface area contributed by atoms with Crippen molar-refractivity contribution < 1.29 is 21.9 Å². The minimum atomic E-state index is -3.02. The van der Waals surface area contributed by atoms with Gasteiger partial charge in [0.2, 0.25) is 0 Å². The van der Waals surface area contributed by atoms with Gasteiger partial charge in [-0.1, -0.05) is 0 Å². The van der Waals surface area contributed by atoms with Gasteiger partial charge in [0.05, 0.1) is 0 Å². The number of nitro benzene ring substituents is 1. The Morgan fingerprint density at radius 3 is 1.37 bits per heavy atom. The second-order valence-corrected chi connectivity index (χ2v) is 14.2. The van der Waals surface area contributed by atoms with Crippen molar-refractivity contribution in [2.24, 2.45) is 0 Å². The molecule has 0 amide bonds. The Morgan fingerprint density at radius 2 is 0.967 bits per heavy atom. The van der Waals surface area contributed by atoms with E-state index in [1.54, 1.807) is 12.1 Å². The second kappa shape index (κ2) is 9.88. The summed E-state index contributed by atoms with van der Waals surface area (Å²) in [5.41, 5.74) is 0.989. The van der Waals surface area contributed by atoms with Gasteiger partial charge in [-0.15, -0.1) is 0 Å². The van der Waals surface area contributed by atoms with E-state index in [-0.39, 0.29) is 27.6 Å². The molecule has 0 saturated carbocycles. The van der Waals surface area contributed by atoms with Crippen molar-refractivity contribution in [2.75, 3.05) is 0 Å². The van der Waals surface area contributed by atoms with Crippen LogP contribution in [0, 0.1) is 10.1 Å². The number of benzene rings is 4. The molecule has 0 unspecified atom stereocenters. The molecule has 4 aromatic rings. The first-order chi connectivity index (χ1) is 14.2. The van der Waals surface area contributed by atoms with Crippen LogP contribution in [0.4, 0.5) is 5.69 Å². The molecule has 0 spiro atoms. The number of nitrogens with zero attached hydrogens (tertiary/aromatic N) is 1. The Labute approximate surface area is 189 Å². The van der Waals surface area contributed by atoms with E-state index in [9.17, 15) is 10.1 Å². The number of hydrogen-bond donors (Lipinski definition) is 0. The van der Waals surface area contributed by atoms with Gasteiger partial charge < -0.3 is 17.0 Å². The average molecular weight is 522 g/mol. The van der Waals surface area contributed by atoms with Gasteiger partial charge in [-0.05, 0) is 0 Å². The van der Waals surface area contributed by atoms with Crippen LogP contribution in [0.1, 0.15) is 5.56 Å². The summed E-state index contributed by atoms with van der Waals surface area (Å²) in [7, 11) is 0. The summed E-state index contributed by atoms with van der Waals surface area (Å²) in [6.07, 6.45) is 0. The zero-order valence-corrected chi connectivity index (χ0v) is 19.7. The third kappa shape index (κ3) is 4.26. The molecule has 0 aliphatic heterocycles. The monoisotopic (exact) mass is 521 g/mol. The summed E-state index contributed by atoms with van der Waals surface area (Å²) in [5.74, 6) is 0. The molecule has 5 heteroatoms. The van der Waals surface area contributed by atoms with Gasteiger partial charge >= 0.3 is 173 Å². The molecule has 0 aliphatic carbocycles. The van der Waals surface area contributed by atoms with E-state index in [2.05, 4.69) is 72.8 Å². The van der Waals surface area contributed by atoms with Gasteiger partial charge in [-0.3, -0.25) is 0 Å². The summed E-state index contributed by atoms with van der Waals surface area (Å²) in [6, 6.07) is 38.7. The maximum Gasteiger partial charge on any atom is -1.00 e. The van der Waals surface area contributed by atoms with Crippen molar-refractivity contribution in [1.82, 2.24) is 0 Å². The molecule has 0 fully saturated rings. The molecule has 0 bridgehead atoms. The van der Waals surface area contributed by atoms with Crippen molar-refractivity contribution in [3.63, 3.8) is 0 Å². The molecule has 0 radical (unpaired) electrons. The van der Waals surface area contributed by atoms with Gasteiger partial charge in [0.1, 0.15) is 0 Å². The van der Waals surface area contributed by atoms with E-state index in [4.69, 9.17) is 0 Å². The maximum atomic E-state index is 11.7. The molecule has 0 aliphatic rings. The summed E-state index contributed by atoms with van der Waals surface area (Å²) in [6.45, 7) is 0. The van der Waals surface area contributed by atoms with Gasteiger partial charge in [0, 0.05) is 0 Å². The van der Waals surface area contributed by atoms with E-state index >= 15 is 0 Å². The van der Waals surface area contributed by atoms with Crippen LogP contribution in [0.2, 0.25) is 0 Å². The number of hydrogen-bond acceptors (Lipinski definition) is 2. The zero-order chi connectivity index (χ0) is 20.1. The fourth-order valence-electron chi connectivity index (χ4n) is 3.85. The summed E-state index contributed by atoms with van der Waals surface area (Å²) >= 11 is -3.02. The molecular formula is C25H21AsBrNO2. The largest absolute Gasteiger partial charge is 1.00 e. The van der Waals surface area contributed by atoms with E-state index in [1.165, 1.54) is 13.1 Å². The summed E-state index contributed by atoms with van der Waals surface area (Å²) < 4.78 is 3.84. The van der Waals surface area contributed by atoms with Crippen molar-refractivity contribution in [2.45, 2.75) is 5.21 Å². The van der Waals surface area contributed by atoms with E-state index in [0.29, 0.717) is 5.21 Å². The third-order valence-electron chi connectivity index (χ3n) is 5.19. The molecular weight excluding hydrogens is 501 g/mol. The van der Waals surface area contributed by atoms with Crippen molar-refractivity contribution in [3.05, 3.63) is 131 Å².